The number of rotatable bonds is 18. The molecule has 0 saturated carbocycles. The second kappa shape index (κ2) is 29.4. The topological polar surface area (TPSA) is 6.48 Å². The fourth-order valence-corrected chi connectivity index (χ4v) is 29.7. The van der Waals surface area contributed by atoms with Crippen molar-refractivity contribution >= 4 is 116 Å². The molecule has 16 aromatic rings. The maximum Gasteiger partial charge on any atom is 0.179 e. The van der Waals surface area contributed by atoms with Gasteiger partial charge in [0.25, 0.3) is 0 Å². The summed E-state index contributed by atoms with van der Waals surface area (Å²) in [6.07, 6.45) is 9.25. The van der Waals surface area contributed by atoms with Gasteiger partial charge in [-0.2, -0.15) is 0 Å². The lowest BCUT2D eigenvalue weighted by Crippen LogP contribution is -2.74. The lowest BCUT2D eigenvalue weighted by atomic mass is 9.81. The average Bonchev–Trinajstić information content (AvgIpc) is 1.61. The number of hydrogen-bond acceptors (Lipinski definition) is 2. The second-order valence-corrected chi connectivity index (χ2v) is 42.0. The summed E-state index contributed by atoms with van der Waals surface area (Å²) in [5, 5.41) is 10.9. The Bertz CT molecular complexity index is 5910. The van der Waals surface area contributed by atoms with Gasteiger partial charge in [0.15, 0.2) is 16.1 Å². The molecule has 0 bridgehead atoms. The molecule has 0 atom stereocenters. The van der Waals surface area contributed by atoms with Gasteiger partial charge in [-0.1, -0.05) is 369 Å². The van der Waals surface area contributed by atoms with E-state index in [2.05, 4.69) is 479 Å². The Morgan fingerprint density at radius 3 is 0.615 bits per heavy atom. The smallest absolute Gasteiger partial charge is 0.179 e. The van der Waals surface area contributed by atoms with E-state index in [4.69, 9.17) is 0 Å². The maximum atomic E-state index is 2.47. The van der Waals surface area contributed by atoms with Crippen molar-refractivity contribution in [2.45, 2.75) is 85.5 Å². The molecule has 0 amide bonds. The van der Waals surface area contributed by atoms with Crippen LogP contribution in [0.5, 0.6) is 0 Å². The van der Waals surface area contributed by atoms with E-state index in [0.717, 1.165) is 34.1 Å². The van der Waals surface area contributed by atoms with E-state index in [0.29, 0.717) is 0 Å². The van der Waals surface area contributed by atoms with Crippen LogP contribution in [0.15, 0.2) is 376 Å². The third-order valence-corrected chi connectivity index (χ3v) is 35.4. The minimum Gasteiger partial charge on any atom is -0.310 e. The van der Waals surface area contributed by atoms with E-state index in [1.807, 2.05) is 0 Å². The normalized spacial score (nSPS) is 13.9. The largest absolute Gasteiger partial charge is 0.310 e. The van der Waals surface area contributed by atoms with Crippen LogP contribution in [0, 0.1) is 27.7 Å². The van der Waals surface area contributed by atoms with Gasteiger partial charge in [0.05, 0.1) is 0 Å². The van der Waals surface area contributed by atoms with Crippen LogP contribution in [0.2, 0.25) is 0 Å². The molecule has 566 valence electrons. The van der Waals surface area contributed by atoms with E-state index in [1.165, 1.54) is 153 Å². The summed E-state index contributed by atoms with van der Waals surface area (Å²) in [6.45, 7) is 23.3. The summed E-state index contributed by atoms with van der Waals surface area (Å²) in [6, 6.07) is 143. The summed E-state index contributed by atoms with van der Waals surface area (Å²) >= 11 is 0. The quantitative estimate of drug-likeness (QED) is 0.0480. The van der Waals surface area contributed by atoms with E-state index in [1.54, 1.807) is 0 Å². The van der Waals surface area contributed by atoms with Crippen molar-refractivity contribution in [2.24, 2.45) is 0 Å². The van der Waals surface area contributed by atoms with Crippen LogP contribution in [0.4, 0.5) is 34.1 Å². The first-order valence-corrected chi connectivity index (χ1v) is 45.4. The van der Waals surface area contributed by atoms with Crippen molar-refractivity contribution in [3.8, 4) is 33.4 Å². The molecule has 16 aromatic carbocycles. The van der Waals surface area contributed by atoms with Crippen LogP contribution in [0.1, 0.15) is 119 Å². The third kappa shape index (κ3) is 12.8. The summed E-state index contributed by atoms with van der Waals surface area (Å²) in [4.78, 5) is 4.95. The molecule has 19 rings (SSSR count). The van der Waals surface area contributed by atoms with Crippen molar-refractivity contribution in [3.05, 3.63) is 454 Å². The molecule has 0 aromatic heterocycles. The monoisotopic (exact) mass is 1540 g/mol. The Balaban J connectivity index is 0.571. The van der Waals surface area contributed by atoms with Crippen LogP contribution < -0.4 is 51.3 Å². The molecule has 0 unspecified atom stereocenters. The van der Waals surface area contributed by atoms with Crippen molar-refractivity contribution < 1.29 is 0 Å². The van der Waals surface area contributed by atoms with Crippen molar-refractivity contribution in [1.82, 2.24) is 0 Å². The van der Waals surface area contributed by atoms with Crippen molar-refractivity contribution in [2.75, 3.05) is 9.80 Å². The van der Waals surface area contributed by atoms with E-state index >= 15 is 0 Å². The van der Waals surface area contributed by atoms with Gasteiger partial charge in [0.2, 0.25) is 0 Å². The van der Waals surface area contributed by atoms with Crippen molar-refractivity contribution in [3.63, 3.8) is 0 Å². The molecule has 0 fully saturated rings. The zero-order valence-electron chi connectivity index (χ0n) is 68.5. The number of anilines is 6. The Kier molecular flexibility index (Phi) is 18.6. The Morgan fingerprint density at radius 2 is 0.385 bits per heavy atom. The fraction of sp³-hybridized carbons (Fsp3) is 0.115. The lowest BCUT2D eigenvalue weighted by Gasteiger charge is -2.35. The number of hydrogen-bond donors (Lipinski definition) is 0. The highest BCUT2D eigenvalue weighted by atomic mass is 28.3. The minimum atomic E-state index is -2.73. The fourth-order valence-electron chi connectivity index (χ4n) is 20.2. The first kappa shape index (κ1) is 74.2. The number of fused-ring (bicyclic) bond motifs is 9. The van der Waals surface area contributed by atoms with E-state index in [9.17, 15) is 0 Å². The zero-order chi connectivity index (χ0) is 80.0. The molecule has 3 aliphatic rings. The predicted octanol–water partition coefficient (Wildman–Crippen LogP) is 23.9. The highest BCUT2D eigenvalue weighted by Gasteiger charge is 2.45. The molecule has 0 heterocycles. The SMILES string of the molecule is Cc1cc(C)cc(N(c2ccc([Si](c3ccccc3)(c3ccccc3)c3ccccc3)cc2)c2ccc3c(c2)C(C)(C)c2cc(/C=C/c4ccc5c(c4)C(C)(C)c4cc(/C=C/c6ccc7c(c6)C(C)(C)c6cc(N(c8ccc([Si](c9ccccc9)(c9ccccc9)c9ccccc9)cc8)c8cc(C)cc(C)c8)ccc6-7)ccc4-5)ccc2-3)c1. The molecule has 2 nitrogen and oxygen atoms in total. The summed E-state index contributed by atoms with van der Waals surface area (Å²) < 4.78 is 0. The highest BCUT2D eigenvalue weighted by Crippen LogP contribution is 2.54. The molecule has 0 aliphatic heterocycles. The van der Waals surface area contributed by atoms with Gasteiger partial charge in [-0.3, -0.25) is 0 Å². The molecule has 3 aliphatic carbocycles. The Hall–Kier alpha value is -13.0. The molecular formula is C113H96N2Si2. The summed E-state index contributed by atoms with van der Waals surface area (Å²) in [5.74, 6) is 0. The van der Waals surface area contributed by atoms with Gasteiger partial charge in [0.1, 0.15) is 0 Å². The van der Waals surface area contributed by atoms with Gasteiger partial charge >= 0.3 is 0 Å². The predicted molar refractivity (Wildman–Crippen MR) is 505 cm³/mol. The standard InChI is InChI=1S/C113H96N2Si2/c1-77-65-78(2)68-89(67-77)114(85-49-55-97(56-50-85)116(91-29-17-11-18-30-91,92-31-19-12-20-32-92)93-33-21-13-22-34-93)87-53-63-103-101-61-47-83(73-107(101)112(7,8)109(103)75-87)43-41-81-45-59-99-100-60-46-82(72-106(100)111(5,6)105(99)71-81)42-44-84-48-62-102-104-64-54-88(76-110(104)113(9,10)108(102)74-84)115(90-69-79(3)66-80(4)70-90)86-51-57-98(58-52-86)117(94-35-23-14-24-36-94,95-37-25-15-26-38-95)96-39-27-16-28-40-96/h11-76H,1-10H3/b43-41+,44-42+. The van der Waals surface area contributed by atoms with Gasteiger partial charge in [-0.05, 0) is 253 Å². The van der Waals surface area contributed by atoms with E-state index < -0.39 is 16.1 Å². The molecule has 0 radical (unpaired) electrons. The molecule has 117 heavy (non-hydrogen) atoms. The van der Waals surface area contributed by atoms with Crippen LogP contribution in [0.3, 0.4) is 0 Å². The lowest BCUT2D eigenvalue weighted by molar-refractivity contribution is 0.660. The Labute approximate surface area is 693 Å². The van der Waals surface area contributed by atoms with Crippen LogP contribution >= 0.6 is 0 Å². The maximum absolute atomic E-state index is 2.73. The van der Waals surface area contributed by atoms with Crippen LogP contribution in [-0.4, -0.2) is 16.1 Å². The molecule has 0 spiro atoms. The average molecular weight is 1540 g/mol. The number of nitrogens with zero attached hydrogens (tertiary/aromatic N) is 2. The summed E-state index contributed by atoms with van der Waals surface area (Å²) in [5.41, 5.74) is 31.9. The summed E-state index contributed by atoms with van der Waals surface area (Å²) in [7, 11) is -5.47. The van der Waals surface area contributed by atoms with Crippen LogP contribution in [-0.2, 0) is 16.2 Å². The van der Waals surface area contributed by atoms with E-state index in [-0.39, 0.29) is 16.2 Å². The van der Waals surface area contributed by atoms with Gasteiger partial charge in [-0.15, -0.1) is 0 Å². The second-order valence-electron chi connectivity index (χ2n) is 34.4. The van der Waals surface area contributed by atoms with Gasteiger partial charge in [0, 0.05) is 50.4 Å². The molecule has 0 saturated heterocycles. The first-order valence-electron chi connectivity index (χ1n) is 41.4. The zero-order valence-corrected chi connectivity index (χ0v) is 70.5. The highest BCUT2D eigenvalue weighted by molar-refractivity contribution is 7.20. The molecular weight excluding hydrogens is 1440 g/mol. The number of benzene rings is 16. The third-order valence-electron chi connectivity index (χ3n) is 25.8. The van der Waals surface area contributed by atoms with Gasteiger partial charge < -0.3 is 9.80 Å². The minimum absolute atomic E-state index is 0.196. The van der Waals surface area contributed by atoms with Crippen molar-refractivity contribution in [1.29, 1.82) is 0 Å². The molecule has 4 heteroatoms. The molecule has 0 N–H and O–H groups in total. The van der Waals surface area contributed by atoms with Crippen LogP contribution in [0.25, 0.3) is 57.7 Å². The number of aryl methyl sites for hydroxylation is 4. The Morgan fingerprint density at radius 1 is 0.188 bits per heavy atom. The van der Waals surface area contributed by atoms with Gasteiger partial charge in [-0.25, -0.2) is 0 Å². The first-order chi connectivity index (χ1) is 56.8.